The number of nitriles is 1. The zero-order valence-electron chi connectivity index (χ0n) is 17.0. The molecule has 2 aromatic carbocycles. The lowest BCUT2D eigenvalue weighted by molar-refractivity contribution is 0.138. The highest BCUT2D eigenvalue weighted by Gasteiger charge is 2.21. The fourth-order valence-electron chi connectivity index (χ4n) is 3.26. The predicted octanol–water partition coefficient (Wildman–Crippen LogP) is 3.93. The van der Waals surface area contributed by atoms with E-state index >= 15 is 0 Å². The lowest BCUT2D eigenvalue weighted by Gasteiger charge is -2.15. The van der Waals surface area contributed by atoms with Gasteiger partial charge in [-0.15, -0.1) is 0 Å². The minimum atomic E-state index is -0.998. The second kappa shape index (κ2) is 8.36. The molecule has 158 valence electrons. The lowest BCUT2D eigenvalue weighted by atomic mass is 10.1. The number of ether oxygens (including phenoxy) is 2. The molecule has 9 nitrogen and oxygen atoms in total. The number of carbonyl (C=O) groups is 1. The molecule has 3 aromatic rings. The second-order valence-electron chi connectivity index (χ2n) is 7.29. The van der Waals surface area contributed by atoms with Crippen molar-refractivity contribution in [2.45, 2.75) is 26.5 Å². The first-order chi connectivity index (χ1) is 14.9. The average molecular weight is 420 g/mol. The Hall–Kier alpha value is -4.06. The van der Waals surface area contributed by atoms with Gasteiger partial charge in [0.25, 0.3) is 5.89 Å². The first-order valence-electron chi connectivity index (χ1n) is 9.73. The van der Waals surface area contributed by atoms with Crippen LogP contribution in [0.1, 0.15) is 25.0 Å². The quantitative estimate of drug-likeness (QED) is 0.674. The summed E-state index contributed by atoms with van der Waals surface area (Å²) in [4.78, 5) is 17.1. The Morgan fingerprint density at radius 1 is 1.26 bits per heavy atom. The van der Waals surface area contributed by atoms with Crippen molar-refractivity contribution in [3.8, 4) is 40.4 Å². The highest BCUT2D eigenvalue weighted by molar-refractivity contribution is 5.67. The van der Waals surface area contributed by atoms with Crippen LogP contribution >= 0.6 is 0 Å². The van der Waals surface area contributed by atoms with Gasteiger partial charge in [0.1, 0.15) is 24.2 Å². The van der Waals surface area contributed by atoms with E-state index in [9.17, 15) is 15.2 Å². The van der Waals surface area contributed by atoms with Gasteiger partial charge in [-0.1, -0.05) is 5.16 Å². The molecule has 1 aromatic heterocycles. The maximum Gasteiger partial charge on any atom is 0.407 e. The van der Waals surface area contributed by atoms with Crippen LogP contribution < -0.4 is 9.47 Å². The summed E-state index contributed by atoms with van der Waals surface area (Å²) < 4.78 is 16.7. The molecule has 31 heavy (non-hydrogen) atoms. The minimum absolute atomic E-state index is 0.0535. The fraction of sp³-hybridized carbons (Fsp3) is 0.273. The van der Waals surface area contributed by atoms with Gasteiger partial charge in [0.05, 0.1) is 24.8 Å². The van der Waals surface area contributed by atoms with Crippen molar-refractivity contribution in [1.82, 2.24) is 15.0 Å². The molecule has 0 saturated carbocycles. The van der Waals surface area contributed by atoms with Gasteiger partial charge in [-0.05, 0) is 50.2 Å². The molecule has 1 aliphatic rings. The molecule has 0 radical (unpaired) electrons. The Morgan fingerprint density at radius 2 is 2.06 bits per heavy atom. The molecule has 0 bridgehead atoms. The molecular weight excluding hydrogens is 400 g/mol. The van der Waals surface area contributed by atoms with Gasteiger partial charge in [0.15, 0.2) is 0 Å². The Bertz CT molecular complexity index is 1160. The number of nitrogens with zero attached hydrogens (tertiary/aromatic N) is 4. The van der Waals surface area contributed by atoms with Crippen molar-refractivity contribution in [2.24, 2.45) is 0 Å². The van der Waals surface area contributed by atoms with E-state index in [1.54, 1.807) is 36.4 Å². The number of fused-ring (bicyclic) bond motifs is 1. The third kappa shape index (κ3) is 4.28. The molecule has 1 aliphatic heterocycles. The van der Waals surface area contributed by atoms with Crippen LogP contribution in [0, 0.1) is 11.3 Å². The number of aromatic nitrogens is 2. The zero-order chi connectivity index (χ0) is 22.0. The lowest BCUT2D eigenvalue weighted by Crippen LogP contribution is -2.30. The van der Waals surface area contributed by atoms with Gasteiger partial charge in [0.2, 0.25) is 5.82 Å². The third-order valence-corrected chi connectivity index (χ3v) is 4.70. The molecule has 0 fully saturated rings. The summed E-state index contributed by atoms with van der Waals surface area (Å²) in [7, 11) is 0. The monoisotopic (exact) mass is 420 g/mol. The van der Waals surface area contributed by atoms with Gasteiger partial charge in [0, 0.05) is 16.7 Å². The summed E-state index contributed by atoms with van der Waals surface area (Å²) in [6, 6.07) is 12.6. The Kier molecular flexibility index (Phi) is 5.45. The Labute approximate surface area is 178 Å². The maximum atomic E-state index is 11.4. The average Bonchev–Trinajstić information content (AvgIpc) is 3.13. The molecular formula is C22H20N4O5. The van der Waals surface area contributed by atoms with Crippen molar-refractivity contribution in [3.63, 3.8) is 0 Å². The number of hydrogen-bond donors (Lipinski definition) is 1. The van der Waals surface area contributed by atoms with Crippen LogP contribution in [0.4, 0.5) is 4.79 Å². The summed E-state index contributed by atoms with van der Waals surface area (Å²) in [6.45, 7) is 4.58. The first-order valence-corrected chi connectivity index (χ1v) is 9.73. The zero-order valence-corrected chi connectivity index (χ0v) is 17.0. The van der Waals surface area contributed by atoms with Crippen LogP contribution in [0.2, 0.25) is 0 Å². The second-order valence-corrected chi connectivity index (χ2v) is 7.29. The number of hydrogen-bond acceptors (Lipinski definition) is 7. The van der Waals surface area contributed by atoms with E-state index in [4.69, 9.17) is 14.0 Å². The first kappa shape index (κ1) is 20.2. The van der Waals surface area contributed by atoms with Crippen LogP contribution in [-0.4, -0.2) is 45.5 Å². The molecule has 1 N–H and O–H groups in total. The summed E-state index contributed by atoms with van der Waals surface area (Å²) in [6.07, 6.45) is -1.05. The van der Waals surface area contributed by atoms with Crippen molar-refractivity contribution in [2.75, 3.05) is 13.2 Å². The van der Waals surface area contributed by atoms with Crippen LogP contribution in [0.5, 0.6) is 11.5 Å². The molecule has 4 rings (SSSR count). The molecule has 0 spiro atoms. The van der Waals surface area contributed by atoms with Crippen LogP contribution in [0.15, 0.2) is 40.9 Å². The van der Waals surface area contributed by atoms with Gasteiger partial charge in [-0.2, -0.15) is 10.2 Å². The summed E-state index contributed by atoms with van der Waals surface area (Å²) in [5, 5.41) is 22.8. The minimum Gasteiger partial charge on any atom is -0.491 e. The van der Waals surface area contributed by atoms with Crippen molar-refractivity contribution in [3.05, 3.63) is 47.5 Å². The molecule has 0 aliphatic carbocycles. The molecule has 0 unspecified atom stereocenters. The molecule has 0 saturated heterocycles. The molecule has 1 amide bonds. The number of benzene rings is 2. The topological polar surface area (TPSA) is 122 Å². The van der Waals surface area contributed by atoms with Crippen LogP contribution in [0.3, 0.4) is 0 Å². The number of amides is 1. The van der Waals surface area contributed by atoms with Gasteiger partial charge in [-0.25, -0.2) is 4.79 Å². The van der Waals surface area contributed by atoms with Crippen LogP contribution in [-0.2, 0) is 6.54 Å². The van der Waals surface area contributed by atoms with E-state index in [1.165, 1.54) is 4.90 Å². The number of rotatable bonds is 4. The molecule has 9 heteroatoms. The van der Waals surface area contributed by atoms with Crippen molar-refractivity contribution < 1.29 is 23.9 Å². The molecule has 2 heterocycles. The van der Waals surface area contributed by atoms with Gasteiger partial charge in [-0.3, -0.25) is 0 Å². The third-order valence-electron chi connectivity index (χ3n) is 4.70. The normalized spacial score (nSPS) is 13.2. The van der Waals surface area contributed by atoms with Crippen LogP contribution in [0.25, 0.3) is 22.8 Å². The van der Waals surface area contributed by atoms with E-state index in [2.05, 4.69) is 16.2 Å². The Balaban J connectivity index is 1.63. The van der Waals surface area contributed by atoms with Crippen molar-refractivity contribution in [1.29, 1.82) is 5.26 Å². The van der Waals surface area contributed by atoms with E-state index in [1.807, 2.05) is 13.8 Å². The van der Waals surface area contributed by atoms with E-state index in [0.717, 1.165) is 5.56 Å². The SMILES string of the molecule is CC(C)Oc1ccc(-c2nc(-c3ccc4c(c3)CN(C(=O)O)CCO4)no2)cc1C#N. The van der Waals surface area contributed by atoms with E-state index in [0.29, 0.717) is 47.2 Å². The standard InChI is InChI=1S/C22H20N4O5/c1-13(2)30-19-6-4-15(10-16(19)11-23)21-24-20(25-31-21)14-3-5-18-17(9-14)12-26(22(27)28)7-8-29-18/h3-6,9-10,13H,7-8,12H2,1-2H3,(H,27,28). The highest BCUT2D eigenvalue weighted by Crippen LogP contribution is 2.31. The summed E-state index contributed by atoms with van der Waals surface area (Å²) in [5.74, 6) is 1.75. The fourth-order valence-corrected chi connectivity index (χ4v) is 3.26. The highest BCUT2D eigenvalue weighted by atomic mass is 16.5. The summed E-state index contributed by atoms with van der Waals surface area (Å²) in [5.41, 5.74) is 2.37. The maximum absolute atomic E-state index is 11.4. The smallest absolute Gasteiger partial charge is 0.407 e. The van der Waals surface area contributed by atoms with Gasteiger partial charge < -0.3 is 24.0 Å². The van der Waals surface area contributed by atoms with E-state index in [-0.39, 0.29) is 18.5 Å². The number of carboxylic acid groups (broad SMARTS) is 1. The van der Waals surface area contributed by atoms with Crippen molar-refractivity contribution >= 4 is 6.09 Å². The summed E-state index contributed by atoms with van der Waals surface area (Å²) >= 11 is 0. The van der Waals surface area contributed by atoms with E-state index < -0.39 is 6.09 Å². The Morgan fingerprint density at radius 3 is 2.81 bits per heavy atom. The van der Waals surface area contributed by atoms with Gasteiger partial charge >= 0.3 is 6.09 Å². The largest absolute Gasteiger partial charge is 0.491 e. The molecule has 0 atom stereocenters. The predicted molar refractivity (Wildman–Crippen MR) is 110 cm³/mol.